The first-order valence-electron chi connectivity index (χ1n) is 11.8. The normalized spacial score (nSPS) is 22.7. The number of likely N-dealkylation sites (N-methyl/N-ethyl adjacent to an activating group) is 1. The minimum atomic E-state index is -0.559. The van der Waals surface area contributed by atoms with Crippen molar-refractivity contribution in [2.45, 2.75) is 62.9 Å². The molecule has 1 saturated carbocycles. The Bertz CT molecular complexity index is 1000. The highest BCUT2D eigenvalue weighted by atomic mass is 19.1. The Hall–Kier alpha value is -2.54. The van der Waals surface area contributed by atoms with Gasteiger partial charge >= 0.3 is 0 Å². The molecule has 2 aliphatic heterocycles. The van der Waals surface area contributed by atoms with Gasteiger partial charge in [0.2, 0.25) is 5.91 Å². The van der Waals surface area contributed by atoms with E-state index < -0.39 is 5.41 Å². The Morgan fingerprint density at radius 2 is 1.88 bits per heavy atom. The van der Waals surface area contributed by atoms with Crippen molar-refractivity contribution in [1.82, 2.24) is 19.8 Å². The van der Waals surface area contributed by atoms with Crippen molar-refractivity contribution < 1.29 is 9.18 Å². The highest BCUT2D eigenvalue weighted by Gasteiger charge is 2.48. The molecule has 7 heteroatoms. The molecule has 2 fully saturated rings. The molecule has 1 aliphatic carbocycles. The van der Waals surface area contributed by atoms with Gasteiger partial charge in [-0.05, 0) is 56.8 Å². The molecule has 32 heavy (non-hydrogen) atoms. The summed E-state index contributed by atoms with van der Waals surface area (Å²) in [5.74, 6) is 1.54. The lowest BCUT2D eigenvalue weighted by Gasteiger charge is -2.36. The van der Waals surface area contributed by atoms with Crippen LogP contribution in [0.1, 0.15) is 67.2 Å². The number of carbonyl (C=O) groups is 1. The largest absolute Gasteiger partial charge is 0.373 e. The maximum absolute atomic E-state index is 14.1. The molecule has 0 unspecified atom stereocenters. The van der Waals surface area contributed by atoms with E-state index in [-0.39, 0.29) is 17.8 Å². The first-order chi connectivity index (χ1) is 15.5. The molecular formula is C25H32FN5O. The van der Waals surface area contributed by atoms with E-state index in [1.54, 1.807) is 12.1 Å². The fourth-order valence-corrected chi connectivity index (χ4v) is 5.86. The Kier molecular flexibility index (Phi) is 5.61. The fourth-order valence-electron chi connectivity index (χ4n) is 5.86. The van der Waals surface area contributed by atoms with Crippen molar-refractivity contribution in [2.75, 3.05) is 32.5 Å². The summed E-state index contributed by atoms with van der Waals surface area (Å²) in [6.45, 7) is 2.53. The van der Waals surface area contributed by atoms with Gasteiger partial charge in [-0.3, -0.25) is 4.79 Å². The zero-order valence-electron chi connectivity index (χ0n) is 19.0. The van der Waals surface area contributed by atoms with E-state index in [1.165, 1.54) is 17.7 Å². The number of nitrogens with one attached hydrogen (secondary N) is 1. The van der Waals surface area contributed by atoms with Crippen LogP contribution in [-0.2, 0) is 23.2 Å². The number of fused-ring (bicyclic) bond motifs is 1. The molecule has 2 aromatic rings. The number of nitrogens with zero attached hydrogens (tertiary/aromatic N) is 4. The van der Waals surface area contributed by atoms with Crippen LogP contribution >= 0.6 is 0 Å². The van der Waals surface area contributed by atoms with Crippen LogP contribution in [-0.4, -0.2) is 52.9 Å². The lowest BCUT2D eigenvalue weighted by atomic mass is 9.77. The van der Waals surface area contributed by atoms with Gasteiger partial charge in [-0.15, -0.1) is 0 Å². The van der Waals surface area contributed by atoms with Gasteiger partial charge in [0.1, 0.15) is 11.6 Å². The lowest BCUT2D eigenvalue weighted by Crippen LogP contribution is -2.45. The van der Waals surface area contributed by atoms with Gasteiger partial charge in [-0.2, -0.15) is 0 Å². The van der Waals surface area contributed by atoms with Crippen LogP contribution in [0.3, 0.4) is 0 Å². The van der Waals surface area contributed by atoms with Crippen molar-refractivity contribution in [3.63, 3.8) is 0 Å². The molecule has 3 heterocycles. The van der Waals surface area contributed by atoms with E-state index in [2.05, 4.69) is 17.3 Å². The lowest BCUT2D eigenvalue weighted by molar-refractivity contribution is -0.138. The predicted octanol–water partition coefficient (Wildman–Crippen LogP) is 3.82. The van der Waals surface area contributed by atoms with Gasteiger partial charge in [0.15, 0.2) is 5.82 Å². The van der Waals surface area contributed by atoms with E-state index in [4.69, 9.17) is 9.97 Å². The fraction of sp³-hybridized carbons (Fsp3) is 0.560. The average Bonchev–Trinajstić information content (AvgIpc) is 3.49. The average molecular weight is 438 g/mol. The molecule has 170 valence electrons. The maximum atomic E-state index is 14.1. The van der Waals surface area contributed by atoms with Crippen LogP contribution < -0.4 is 5.32 Å². The number of anilines is 1. The zero-order valence-corrected chi connectivity index (χ0v) is 19.0. The standard InChI is InChI=1S/C25H32FN5O/c1-27-22-19-11-15-30(2)16-20(19)28-23(29-22)21-6-5-14-31(21)24(32)25(12-3-4-13-25)17-7-9-18(26)10-8-17/h7-10,21H,3-6,11-16H2,1-2H3,(H,27,28,29)/t21-/m0/s1. The summed E-state index contributed by atoms with van der Waals surface area (Å²) in [5, 5.41) is 3.26. The van der Waals surface area contributed by atoms with E-state index in [1.807, 2.05) is 11.9 Å². The summed E-state index contributed by atoms with van der Waals surface area (Å²) in [5.41, 5.74) is 2.65. The van der Waals surface area contributed by atoms with Crippen LogP contribution in [0.4, 0.5) is 10.2 Å². The predicted molar refractivity (Wildman–Crippen MR) is 122 cm³/mol. The van der Waals surface area contributed by atoms with Crippen LogP contribution in [0.25, 0.3) is 0 Å². The molecule has 1 N–H and O–H groups in total. The number of carbonyl (C=O) groups excluding carboxylic acids is 1. The molecule has 0 bridgehead atoms. The van der Waals surface area contributed by atoms with Gasteiger partial charge in [0, 0.05) is 32.2 Å². The highest BCUT2D eigenvalue weighted by Crippen LogP contribution is 2.45. The number of aromatic nitrogens is 2. The quantitative estimate of drug-likeness (QED) is 0.788. The summed E-state index contributed by atoms with van der Waals surface area (Å²) < 4.78 is 13.6. The first-order valence-corrected chi connectivity index (χ1v) is 11.8. The van der Waals surface area contributed by atoms with Crippen LogP contribution in [0.15, 0.2) is 24.3 Å². The van der Waals surface area contributed by atoms with Gasteiger partial charge < -0.3 is 15.1 Å². The summed E-state index contributed by atoms with van der Waals surface area (Å²) in [7, 11) is 4.02. The summed E-state index contributed by atoms with van der Waals surface area (Å²) >= 11 is 0. The molecule has 5 rings (SSSR count). The van der Waals surface area contributed by atoms with Crippen LogP contribution in [0.2, 0.25) is 0 Å². The minimum Gasteiger partial charge on any atom is -0.373 e. The second kappa shape index (κ2) is 8.43. The minimum absolute atomic E-state index is 0.106. The van der Waals surface area contributed by atoms with Crippen molar-refractivity contribution in [3.05, 3.63) is 52.7 Å². The topological polar surface area (TPSA) is 61.4 Å². The van der Waals surface area contributed by atoms with Crippen molar-refractivity contribution in [1.29, 1.82) is 0 Å². The van der Waals surface area contributed by atoms with Gasteiger partial charge in [0.25, 0.3) is 0 Å². The number of rotatable bonds is 4. The molecule has 1 aromatic carbocycles. The van der Waals surface area contributed by atoms with E-state index >= 15 is 0 Å². The number of hydrogen-bond donors (Lipinski definition) is 1. The Morgan fingerprint density at radius 3 is 2.59 bits per heavy atom. The SMILES string of the molecule is CNc1nc([C@@H]2CCCN2C(=O)C2(c3ccc(F)cc3)CCCC2)nc2c1CCN(C)C2. The molecule has 1 saturated heterocycles. The number of hydrogen-bond acceptors (Lipinski definition) is 5. The monoisotopic (exact) mass is 437 g/mol. The van der Waals surface area contributed by atoms with E-state index in [9.17, 15) is 9.18 Å². The van der Waals surface area contributed by atoms with Crippen molar-refractivity contribution in [2.24, 2.45) is 0 Å². The number of likely N-dealkylation sites (tertiary alicyclic amines) is 1. The molecule has 0 spiro atoms. The van der Waals surface area contributed by atoms with E-state index in [0.717, 1.165) is 87.5 Å². The van der Waals surface area contributed by atoms with Gasteiger partial charge in [-0.25, -0.2) is 14.4 Å². The van der Waals surface area contributed by atoms with Crippen molar-refractivity contribution in [3.8, 4) is 0 Å². The molecule has 0 radical (unpaired) electrons. The van der Waals surface area contributed by atoms with Crippen molar-refractivity contribution >= 4 is 11.7 Å². The third-order valence-electron chi connectivity index (χ3n) is 7.59. The maximum Gasteiger partial charge on any atom is 0.233 e. The number of benzene rings is 1. The van der Waals surface area contributed by atoms with Gasteiger partial charge in [-0.1, -0.05) is 25.0 Å². The third-order valence-corrected chi connectivity index (χ3v) is 7.59. The second-order valence-corrected chi connectivity index (χ2v) is 9.55. The molecular weight excluding hydrogens is 405 g/mol. The summed E-state index contributed by atoms with van der Waals surface area (Å²) in [4.78, 5) is 28.3. The Labute approximate surface area is 189 Å². The van der Waals surface area contributed by atoms with Gasteiger partial charge in [0.05, 0.1) is 17.2 Å². The van der Waals surface area contributed by atoms with E-state index in [0.29, 0.717) is 0 Å². The molecule has 1 amide bonds. The smallest absolute Gasteiger partial charge is 0.233 e. The third kappa shape index (κ3) is 3.56. The summed E-state index contributed by atoms with van der Waals surface area (Å²) in [6, 6.07) is 6.45. The molecule has 3 aliphatic rings. The zero-order chi connectivity index (χ0) is 22.3. The molecule has 6 nitrogen and oxygen atoms in total. The molecule has 1 aromatic heterocycles. The van der Waals surface area contributed by atoms with Crippen LogP contribution in [0.5, 0.6) is 0 Å². The van der Waals surface area contributed by atoms with Crippen LogP contribution in [0, 0.1) is 5.82 Å². The molecule has 1 atom stereocenters. The summed E-state index contributed by atoms with van der Waals surface area (Å²) in [6.07, 6.45) is 6.44. The first kappa shape index (κ1) is 21.3. The number of halogens is 1. The Morgan fingerprint density at radius 1 is 1.12 bits per heavy atom. The highest BCUT2D eigenvalue weighted by molar-refractivity contribution is 5.89. The Balaban J connectivity index is 1.50. The number of amides is 1. The second-order valence-electron chi connectivity index (χ2n) is 9.55.